The molecule has 1 aromatic carbocycles. The highest BCUT2D eigenvalue weighted by atomic mass is 16.3. The van der Waals surface area contributed by atoms with E-state index in [1.165, 1.54) is 0 Å². The Morgan fingerprint density at radius 3 is 2.52 bits per heavy atom. The van der Waals surface area contributed by atoms with Gasteiger partial charge in [-0.1, -0.05) is 12.1 Å². The number of aliphatic hydroxyl groups excluding tert-OH is 2. The smallest absolute Gasteiger partial charge is 0.227 e. The highest BCUT2D eigenvalue weighted by Gasteiger charge is 2.12. The maximum absolute atomic E-state index is 9.60. The van der Waals surface area contributed by atoms with Crippen molar-refractivity contribution < 1.29 is 10.2 Å². The third-order valence-corrected chi connectivity index (χ3v) is 4.18. The second-order valence-electron chi connectivity index (χ2n) is 6.40. The lowest BCUT2D eigenvalue weighted by atomic mass is 10.2. The molecule has 0 aliphatic heterocycles. The van der Waals surface area contributed by atoms with Crippen molar-refractivity contribution in [2.75, 3.05) is 37.0 Å². The molecule has 0 fully saturated rings. The molecule has 0 radical (unpaired) electrons. The highest BCUT2D eigenvalue weighted by molar-refractivity contribution is 5.43. The zero-order valence-electron chi connectivity index (χ0n) is 15.5. The van der Waals surface area contributed by atoms with Crippen molar-refractivity contribution in [1.29, 1.82) is 0 Å². The first-order valence-corrected chi connectivity index (χ1v) is 8.70. The topological polar surface area (TPSA) is 90.5 Å². The fraction of sp³-hybridized carbons (Fsp3) is 0.316. The molecular formula is C19H24N6O2. The van der Waals surface area contributed by atoms with Crippen molar-refractivity contribution in [3.63, 3.8) is 0 Å². The van der Waals surface area contributed by atoms with Gasteiger partial charge in [0.1, 0.15) is 5.82 Å². The van der Waals surface area contributed by atoms with Gasteiger partial charge in [0.05, 0.1) is 18.4 Å². The normalized spacial score (nSPS) is 12.0. The van der Waals surface area contributed by atoms with Crippen LogP contribution in [-0.4, -0.2) is 63.3 Å². The van der Waals surface area contributed by atoms with Crippen LogP contribution in [0.3, 0.4) is 0 Å². The summed E-state index contributed by atoms with van der Waals surface area (Å²) in [6, 6.07) is 11.8. The number of hydrogen-bond acceptors (Lipinski definition) is 7. The molecule has 27 heavy (non-hydrogen) atoms. The summed E-state index contributed by atoms with van der Waals surface area (Å²) in [7, 11) is 3.75. The Labute approximate surface area is 158 Å². The summed E-state index contributed by atoms with van der Waals surface area (Å²) in [5.74, 6) is 1.28. The number of aromatic nitrogens is 4. The van der Waals surface area contributed by atoms with Crippen LogP contribution < -0.4 is 9.80 Å². The molecule has 0 bridgehead atoms. The maximum atomic E-state index is 9.60. The molecule has 8 heteroatoms. The minimum absolute atomic E-state index is 0.281. The van der Waals surface area contributed by atoms with Crippen molar-refractivity contribution in [2.45, 2.75) is 12.6 Å². The maximum Gasteiger partial charge on any atom is 0.227 e. The van der Waals surface area contributed by atoms with Gasteiger partial charge in [-0.2, -0.15) is 10.1 Å². The Bertz CT molecular complexity index is 838. The van der Waals surface area contributed by atoms with Crippen molar-refractivity contribution >= 4 is 11.8 Å². The summed E-state index contributed by atoms with van der Waals surface area (Å²) in [4.78, 5) is 12.6. The van der Waals surface area contributed by atoms with Crippen molar-refractivity contribution in [1.82, 2.24) is 19.7 Å². The van der Waals surface area contributed by atoms with Crippen LogP contribution in [0.4, 0.5) is 11.8 Å². The van der Waals surface area contributed by atoms with Crippen LogP contribution in [0.25, 0.3) is 5.69 Å². The second-order valence-corrected chi connectivity index (χ2v) is 6.40. The van der Waals surface area contributed by atoms with E-state index < -0.39 is 6.10 Å². The Kier molecular flexibility index (Phi) is 6.00. The SMILES string of the molecule is CN(C[C@@H](O)CO)c1ccnc(N(C)Cc2ccc(-n3cccn3)cc2)n1. The standard InChI is InChI=1S/C19H24N6O2/c1-23(13-17(27)14-26)18-8-10-20-19(22-18)24(2)12-15-4-6-16(7-5-15)25-11-3-9-21-25/h3-11,17,26-27H,12-14H2,1-2H3/t17-/m1/s1. The summed E-state index contributed by atoms with van der Waals surface area (Å²) in [5, 5.41) is 22.8. The largest absolute Gasteiger partial charge is 0.394 e. The zero-order valence-corrected chi connectivity index (χ0v) is 15.5. The first kappa shape index (κ1) is 18.8. The molecule has 3 rings (SSSR count). The molecule has 3 aromatic rings. The Morgan fingerprint density at radius 2 is 1.85 bits per heavy atom. The van der Waals surface area contributed by atoms with Gasteiger partial charge in [0.15, 0.2) is 0 Å². The van der Waals surface area contributed by atoms with Crippen LogP contribution in [0.1, 0.15) is 5.56 Å². The number of hydrogen-bond donors (Lipinski definition) is 2. The summed E-state index contributed by atoms with van der Waals surface area (Å²) < 4.78 is 1.82. The lowest BCUT2D eigenvalue weighted by molar-refractivity contribution is 0.101. The van der Waals surface area contributed by atoms with Crippen molar-refractivity contribution in [3.8, 4) is 5.69 Å². The third-order valence-electron chi connectivity index (χ3n) is 4.18. The van der Waals surface area contributed by atoms with Gasteiger partial charge in [-0.15, -0.1) is 0 Å². The lowest BCUT2D eigenvalue weighted by Crippen LogP contribution is -2.32. The predicted octanol–water partition coefficient (Wildman–Crippen LogP) is 1.09. The van der Waals surface area contributed by atoms with Gasteiger partial charge < -0.3 is 20.0 Å². The van der Waals surface area contributed by atoms with Gasteiger partial charge >= 0.3 is 0 Å². The van der Waals surface area contributed by atoms with Crippen LogP contribution in [0.2, 0.25) is 0 Å². The van der Waals surface area contributed by atoms with E-state index in [0.29, 0.717) is 24.9 Å². The minimum Gasteiger partial charge on any atom is -0.394 e. The molecule has 2 N–H and O–H groups in total. The summed E-state index contributed by atoms with van der Waals surface area (Å²) in [6.07, 6.45) is 4.55. The molecule has 0 aliphatic carbocycles. The van der Waals surface area contributed by atoms with Crippen LogP contribution in [0.5, 0.6) is 0 Å². The monoisotopic (exact) mass is 368 g/mol. The van der Waals surface area contributed by atoms with Crippen molar-refractivity contribution in [3.05, 3.63) is 60.6 Å². The number of anilines is 2. The van der Waals surface area contributed by atoms with E-state index in [0.717, 1.165) is 11.3 Å². The van der Waals surface area contributed by atoms with Gasteiger partial charge in [0, 0.05) is 45.8 Å². The predicted molar refractivity (Wildman–Crippen MR) is 104 cm³/mol. The number of likely N-dealkylation sites (N-methyl/N-ethyl adjacent to an activating group) is 1. The molecule has 8 nitrogen and oxygen atoms in total. The minimum atomic E-state index is -0.806. The average Bonchev–Trinajstić information content (AvgIpc) is 3.23. The number of nitrogens with zero attached hydrogens (tertiary/aromatic N) is 6. The van der Waals surface area contributed by atoms with Crippen LogP contribution >= 0.6 is 0 Å². The van der Waals surface area contributed by atoms with E-state index in [4.69, 9.17) is 5.11 Å². The molecule has 2 heterocycles. The van der Waals surface area contributed by atoms with Gasteiger partial charge in [-0.3, -0.25) is 0 Å². The van der Waals surface area contributed by atoms with Crippen LogP contribution in [0, 0.1) is 0 Å². The molecule has 0 spiro atoms. The van der Waals surface area contributed by atoms with E-state index in [2.05, 4.69) is 27.2 Å². The van der Waals surface area contributed by atoms with Gasteiger partial charge in [-0.05, 0) is 29.8 Å². The van der Waals surface area contributed by atoms with Gasteiger partial charge in [-0.25, -0.2) is 9.67 Å². The quantitative estimate of drug-likeness (QED) is 0.615. The fourth-order valence-electron chi connectivity index (χ4n) is 2.72. The van der Waals surface area contributed by atoms with Crippen molar-refractivity contribution in [2.24, 2.45) is 0 Å². The van der Waals surface area contributed by atoms with E-state index >= 15 is 0 Å². The molecular weight excluding hydrogens is 344 g/mol. The van der Waals surface area contributed by atoms with Gasteiger partial charge in [0.2, 0.25) is 5.95 Å². The summed E-state index contributed by atoms with van der Waals surface area (Å²) in [5.41, 5.74) is 2.14. The zero-order chi connectivity index (χ0) is 19.2. The Balaban J connectivity index is 1.67. The Hall–Kier alpha value is -2.97. The van der Waals surface area contributed by atoms with Gasteiger partial charge in [0.25, 0.3) is 0 Å². The Morgan fingerprint density at radius 1 is 1.07 bits per heavy atom. The van der Waals surface area contributed by atoms with Crippen LogP contribution in [-0.2, 0) is 6.54 Å². The molecule has 0 saturated heterocycles. The molecule has 0 aliphatic rings. The van der Waals surface area contributed by atoms with E-state index in [1.54, 1.807) is 23.4 Å². The number of rotatable bonds is 8. The molecule has 2 aromatic heterocycles. The van der Waals surface area contributed by atoms with E-state index in [-0.39, 0.29) is 6.61 Å². The van der Waals surface area contributed by atoms with Crippen LogP contribution in [0.15, 0.2) is 55.0 Å². The molecule has 0 saturated carbocycles. The molecule has 0 unspecified atom stereocenters. The second kappa shape index (κ2) is 8.61. The van der Waals surface area contributed by atoms with E-state index in [1.807, 2.05) is 48.1 Å². The molecule has 1 atom stereocenters. The molecule has 0 amide bonds. The number of benzene rings is 1. The van der Waals surface area contributed by atoms with E-state index in [9.17, 15) is 5.11 Å². The third kappa shape index (κ3) is 4.81. The average molecular weight is 368 g/mol. The first-order chi connectivity index (χ1) is 13.1. The fourth-order valence-corrected chi connectivity index (χ4v) is 2.72. The lowest BCUT2D eigenvalue weighted by Gasteiger charge is -2.23. The first-order valence-electron chi connectivity index (χ1n) is 8.70. The molecule has 142 valence electrons. The summed E-state index contributed by atoms with van der Waals surface area (Å²) >= 11 is 0. The summed E-state index contributed by atoms with van der Waals surface area (Å²) in [6.45, 7) is 0.675. The number of aliphatic hydroxyl groups is 2. The highest BCUT2D eigenvalue weighted by Crippen LogP contribution is 2.16.